The van der Waals surface area contributed by atoms with E-state index in [1.165, 1.54) is 19.2 Å². The van der Waals surface area contributed by atoms with Crippen LogP contribution in [0.5, 0.6) is 5.75 Å². The van der Waals surface area contributed by atoms with Crippen LogP contribution in [0.2, 0.25) is 0 Å². The highest BCUT2D eigenvalue weighted by Crippen LogP contribution is 2.32. The summed E-state index contributed by atoms with van der Waals surface area (Å²) in [5.41, 5.74) is 2.31. The molecule has 1 aromatic carbocycles. The first-order chi connectivity index (χ1) is 13.8. The van der Waals surface area contributed by atoms with Crippen LogP contribution in [-0.2, 0) is 14.6 Å². The van der Waals surface area contributed by atoms with E-state index in [1.807, 2.05) is 13.1 Å². The Kier molecular flexibility index (Phi) is 5.05. The van der Waals surface area contributed by atoms with Gasteiger partial charge in [-0.15, -0.1) is 0 Å². The van der Waals surface area contributed by atoms with Gasteiger partial charge in [-0.1, -0.05) is 0 Å². The van der Waals surface area contributed by atoms with E-state index in [-0.39, 0.29) is 10.9 Å². The van der Waals surface area contributed by atoms with Crippen LogP contribution in [0.1, 0.15) is 12.0 Å². The Morgan fingerprint density at radius 1 is 1.31 bits per heavy atom. The van der Waals surface area contributed by atoms with E-state index in [1.54, 1.807) is 6.07 Å². The van der Waals surface area contributed by atoms with Gasteiger partial charge in [0.15, 0.2) is 9.84 Å². The first kappa shape index (κ1) is 19.5. The number of aromatic nitrogens is 3. The van der Waals surface area contributed by atoms with Crippen LogP contribution in [-0.4, -0.2) is 56.0 Å². The number of methoxy groups -OCH3 is 1. The number of hydrogen-bond donors (Lipinski definition) is 3. The third-order valence-corrected chi connectivity index (χ3v) is 5.96. The number of ether oxygens (including phenoxy) is 2. The van der Waals surface area contributed by atoms with Crippen LogP contribution in [0.4, 0.5) is 17.5 Å². The zero-order chi connectivity index (χ0) is 20.6. The topological polar surface area (TPSA) is 118 Å². The van der Waals surface area contributed by atoms with Crippen molar-refractivity contribution in [2.75, 3.05) is 37.2 Å². The van der Waals surface area contributed by atoms with Crippen molar-refractivity contribution < 1.29 is 17.9 Å². The lowest BCUT2D eigenvalue weighted by Gasteiger charge is -2.15. The van der Waals surface area contributed by atoms with Gasteiger partial charge < -0.3 is 25.1 Å². The maximum Gasteiger partial charge on any atom is 0.231 e. The van der Waals surface area contributed by atoms with Gasteiger partial charge in [0.1, 0.15) is 17.2 Å². The van der Waals surface area contributed by atoms with Gasteiger partial charge in [-0.3, -0.25) is 0 Å². The smallest absolute Gasteiger partial charge is 0.231 e. The van der Waals surface area contributed by atoms with Gasteiger partial charge in [-0.25, -0.2) is 8.42 Å². The van der Waals surface area contributed by atoms with Crippen LogP contribution >= 0.6 is 0 Å². The van der Waals surface area contributed by atoms with Crippen LogP contribution in [0.15, 0.2) is 29.3 Å². The first-order valence-corrected chi connectivity index (χ1v) is 11.1. The molecule has 3 aromatic rings. The van der Waals surface area contributed by atoms with Crippen molar-refractivity contribution in [2.45, 2.75) is 24.3 Å². The standard InChI is InChI=1S/C19H23N5O4S/c1-11-9-20-17-16(11)18(21-12-6-7-28-10-12)24-19(23-17)22-14-5-4-13(29(3,25)26)8-15(14)27-2/h4-5,8-9,12H,6-7,10H2,1-3H3,(H3,20,21,22,23,24)/t12-/m0/s1. The molecule has 0 saturated carbocycles. The molecule has 0 aliphatic carbocycles. The second-order valence-corrected chi connectivity index (χ2v) is 9.07. The van der Waals surface area contributed by atoms with E-state index in [9.17, 15) is 8.42 Å². The van der Waals surface area contributed by atoms with Gasteiger partial charge in [0, 0.05) is 25.1 Å². The van der Waals surface area contributed by atoms with Gasteiger partial charge in [0.05, 0.1) is 35.7 Å². The van der Waals surface area contributed by atoms with Gasteiger partial charge in [0.25, 0.3) is 0 Å². The summed E-state index contributed by atoms with van der Waals surface area (Å²) >= 11 is 0. The fourth-order valence-electron chi connectivity index (χ4n) is 3.32. The van der Waals surface area contributed by atoms with Crippen LogP contribution < -0.4 is 15.4 Å². The van der Waals surface area contributed by atoms with Crippen molar-refractivity contribution in [1.82, 2.24) is 15.0 Å². The summed E-state index contributed by atoms with van der Waals surface area (Å²) in [7, 11) is -1.85. The number of aromatic amines is 1. The van der Waals surface area contributed by atoms with E-state index in [0.717, 1.165) is 36.1 Å². The summed E-state index contributed by atoms with van der Waals surface area (Å²) in [6, 6.07) is 4.83. The Balaban J connectivity index is 1.71. The quantitative estimate of drug-likeness (QED) is 0.560. The normalized spacial score (nSPS) is 16.9. The van der Waals surface area contributed by atoms with Crippen LogP contribution in [0.25, 0.3) is 11.0 Å². The molecule has 29 heavy (non-hydrogen) atoms. The summed E-state index contributed by atoms with van der Waals surface area (Å²) in [4.78, 5) is 12.6. The van der Waals surface area contributed by atoms with Crippen molar-refractivity contribution >= 4 is 38.3 Å². The van der Waals surface area contributed by atoms with E-state index in [2.05, 4.69) is 25.6 Å². The molecular formula is C19H23N5O4S. The number of nitrogens with zero attached hydrogens (tertiary/aromatic N) is 2. The minimum Gasteiger partial charge on any atom is -0.495 e. The largest absolute Gasteiger partial charge is 0.495 e. The molecule has 9 nitrogen and oxygen atoms in total. The number of rotatable bonds is 6. The molecule has 0 bridgehead atoms. The maximum absolute atomic E-state index is 11.8. The third kappa shape index (κ3) is 3.99. The zero-order valence-electron chi connectivity index (χ0n) is 16.4. The molecule has 1 fully saturated rings. The fourth-order valence-corrected chi connectivity index (χ4v) is 3.95. The predicted octanol–water partition coefficient (Wildman–Crippen LogP) is 2.62. The minimum absolute atomic E-state index is 0.180. The molecule has 1 saturated heterocycles. The van der Waals surface area contributed by atoms with Gasteiger partial charge in [-0.2, -0.15) is 9.97 Å². The molecule has 0 amide bonds. The lowest BCUT2D eigenvalue weighted by Crippen LogP contribution is -2.20. The molecule has 1 aliphatic heterocycles. The molecule has 3 N–H and O–H groups in total. The Morgan fingerprint density at radius 3 is 2.83 bits per heavy atom. The molecule has 4 rings (SSSR count). The first-order valence-electron chi connectivity index (χ1n) is 9.20. The maximum atomic E-state index is 11.8. The average molecular weight is 417 g/mol. The Bertz CT molecular complexity index is 1150. The number of H-pyrrole nitrogens is 1. The Morgan fingerprint density at radius 2 is 2.14 bits per heavy atom. The number of nitrogens with one attached hydrogen (secondary N) is 3. The number of anilines is 3. The number of aryl methyl sites for hydroxylation is 1. The number of benzene rings is 1. The number of fused-ring (bicyclic) bond motifs is 1. The molecule has 0 spiro atoms. The van der Waals surface area contributed by atoms with E-state index >= 15 is 0 Å². The molecule has 154 valence electrons. The van der Waals surface area contributed by atoms with Crippen LogP contribution in [0, 0.1) is 6.92 Å². The van der Waals surface area contributed by atoms with Crippen molar-refractivity contribution in [3.8, 4) is 5.75 Å². The predicted molar refractivity (Wildman–Crippen MR) is 111 cm³/mol. The van der Waals surface area contributed by atoms with E-state index in [0.29, 0.717) is 29.6 Å². The second kappa shape index (κ2) is 7.53. The number of hydrogen-bond acceptors (Lipinski definition) is 8. The van der Waals surface area contributed by atoms with E-state index < -0.39 is 9.84 Å². The molecule has 1 atom stereocenters. The van der Waals surface area contributed by atoms with Crippen molar-refractivity contribution in [1.29, 1.82) is 0 Å². The van der Waals surface area contributed by atoms with Gasteiger partial charge in [-0.05, 0) is 31.0 Å². The SMILES string of the molecule is COc1cc(S(C)(=O)=O)ccc1Nc1nc(N[C@H]2CCOC2)c2c(C)c[nH]c2n1. The summed E-state index contributed by atoms with van der Waals surface area (Å²) in [6.45, 7) is 3.37. The highest BCUT2D eigenvalue weighted by molar-refractivity contribution is 7.90. The average Bonchev–Trinajstić information content (AvgIpc) is 3.31. The van der Waals surface area contributed by atoms with Crippen molar-refractivity contribution in [2.24, 2.45) is 0 Å². The van der Waals surface area contributed by atoms with Gasteiger partial charge in [0.2, 0.25) is 5.95 Å². The molecule has 3 heterocycles. The number of sulfone groups is 1. The van der Waals surface area contributed by atoms with Crippen LogP contribution in [0.3, 0.4) is 0 Å². The molecule has 1 aliphatic rings. The second-order valence-electron chi connectivity index (χ2n) is 7.06. The molecule has 10 heteroatoms. The molecule has 0 radical (unpaired) electrons. The minimum atomic E-state index is -3.34. The highest BCUT2D eigenvalue weighted by Gasteiger charge is 2.20. The van der Waals surface area contributed by atoms with Crippen molar-refractivity contribution in [3.05, 3.63) is 30.0 Å². The lowest BCUT2D eigenvalue weighted by atomic mass is 10.2. The monoisotopic (exact) mass is 417 g/mol. The molecular weight excluding hydrogens is 394 g/mol. The fraction of sp³-hybridized carbons (Fsp3) is 0.368. The van der Waals surface area contributed by atoms with Crippen molar-refractivity contribution in [3.63, 3.8) is 0 Å². The summed E-state index contributed by atoms with van der Waals surface area (Å²) in [6.07, 6.45) is 3.96. The summed E-state index contributed by atoms with van der Waals surface area (Å²) in [5.74, 6) is 1.47. The summed E-state index contributed by atoms with van der Waals surface area (Å²) in [5, 5.41) is 7.52. The highest BCUT2D eigenvalue weighted by atomic mass is 32.2. The Labute approximate surface area is 168 Å². The zero-order valence-corrected chi connectivity index (χ0v) is 17.3. The molecule has 0 unspecified atom stereocenters. The van der Waals surface area contributed by atoms with Gasteiger partial charge >= 0.3 is 0 Å². The summed E-state index contributed by atoms with van der Waals surface area (Å²) < 4.78 is 34.4. The third-order valence-electron chi connectivity index (χ3n) is 4.85. The molecule has 2 aromatic heterocycles. The Hall–Kier alpha value is -2.85. The lowest BCUT2D eigenvalue weighted by molar-refractivity contribution is 0.195. The van der Waals surface area contributed by atoms with E-state index in [4.69, 9.17) is 9.47 Å².